The van der Waals surface area contributed by atoms with Crippen molar-refractivity contribution in [3.63, 3.8) is 0 Å². The van der Waals surface area contributed by atoms with E-state index in [0.717, 1.165) is 18.7 Å². The van der Waals surface area contributed by atoms with Gasteiger partial charge in [0.25, 0.3) is 0 Å². The van der Waals surface area contributed by atoms with Gasteiger partial charge < -0.3 is 9.73 Å². The van der Waals surface area contributed by atoms with Gasteiger partial charge in [-0.15, -0.1) is 0 Å². The van der Waals surface area contributed by atoms with Crippen LogP contribution >= 0.6 is 0 Å². The second-order valence-electron chi connectivity index (χ2n) is 4.07. The molecule has 86 valence electrons. The third-order valence-electron chi connectivity index (χ3n) is 3.07. The highest BCUT2D eigenvalue weighted by molar-refractivity contribution is 5.22. The zero-order chi connectivity index (χ0) is 11.3. The van der Waals surface area contributed by atoms with Crippen LogP contribution in [0.5, 0.6) is 0 Å². The Morgan fingerprint density at radius 1 is 1.33 bits per heavy atom. The number of furan rings is 1. The van der Waals surface area contributed by atoms with Crippen molar-refractivity contribution in [2.24, 2.45) is 5.92 Å². The lowest BCUT2D eigenvalue weighted by atomic mass is 9.92. The molecule has 0 bridgehead atoms. The third kappa shape index (κ3) is 2.85. The maximum atomic E-state index is 5.50. The zero-order valence-electron chi connectivity index (χ0n) is 10.3. The van der Waals surface area contributed by atoms with E-state index in [0.29, 0.717) is 12.0 Å². The molecule has 1 heterocycles. The van der Waals surface area contributed by atoms with Gasteiger partial charge in [-0.1, -0.05) is 34.1 Å². The van der Waals surface area contributed by atoms with Crippen LogP contribution in [0.1, 0.15) is 51.5 Å². The number of hydrogen-bond donors (Lipinski definition) is 1. The van der Waals surface area contributed by atoms with Crippen molar-refractivity contribution in [3.05, 3.63) is 23.7 Å². The molecule has 0 fully saturated rings. The summed E-state index contributed by atoms with van der Waals surface area (Å²) in [6.45, 7) is 9.83. The molecule has 0 aliphatic rings. The van der Waals surface area contributed by atoms with Gasteiger partial charge in [-0.25, -0.2) is 0 Å². The fourth-order valence-electron chi connectivity index (χ4n) is 1.99. The third-order valence-corrected chi connectivity index (χ3v) is 3.07. The van der Waals surface area contributed by atoms with Crippen LogP contribution in [-0.2, 0) is 6.42 Å². The van der Waals surface area contributed by atoms with Gasteiger partial charge in [-0.3, -0.25) is 0 Å². The van der Waals surface area contributed by atoms with Crippen molar-refractivity contribution in [1.29, 1.82) is 0 Å². The van der Waals surface area contributed by atoms with Crippen LogP contribution in [0.15, 0.2) is 16.7 Å². The monoisotopic (exact) mass is 209 g/mol. The minimum absolute atomic E-state index is 0.439. The molecule has 1 aromatic rings. The van der Waals surface area contributed by atoms with Crippen LogP contribution in [0.2, 0.25) is 0 Å². The van der Waals surface area contributed by atoms with Crippen LogP contribution in [-0.4, -0.2) is 6.54 Å². The van der Waals surface area contributed by atoms with Crippen molar-refractivity contribution in [2.75, 3.05) is 6.54 Å². The molecular formula is C13H23NO. The van der Waals surface area contributed by atoms with Gasteiger partial charge in [0, 0.05) is 18.0 Å². The van der Waals surface area contributed by atoms with E-state index in [-0.39, 0.29) is 0 Å². The average Bonchev–Trinajstić information content (AvgIpc) is 2.72. The van der Waals surface area contributed by atoms with Gasteiger partial charge in [-0.2, -0.15) is 0 Å². The Labute approximate surface area is 93.1 Å². The molecule has 0 saturated carbocycles. The predicted octanol–water partition coefficient (Wildman–Crippen LogP) is 3.54. The van der Waals surface area contributed by atoms with Crippen molar-refractivity contribution in [3.8, 4) is 0 Å². The van der Waals surface area contributed by atoms with E-state index in [1.54, 1.807) is 6.26 Å². The molecule has 15 heavy (non-hydrogen) atoms. The predicted molar refractivity (Wildman–Crippen MR) is 64.0 cm³/mol. The highest BCUT2D eigenvalue weighted by Gasteiger charge is 2.20. The first-order valence-electron chi connectivity index (χ1n) is 6.04. The second-order valence-corrected chi connectivity index (χ2v) is 4.07. The van der Waals surface area contributed by atoms with Gasteiger partial charge in [0.2, 0.25) is 0 Å². The van der Waals surface area contributed by atoms with Gasteiger partial charge in [0.05, 0.1) is 6.26 Å². The molecule has 2 unspecified atom stereocenters. The second kappa shape index (κ2) is 5.96. The molecule has 0 aromatic carbocycles. The first-order valence-corrected chi connectivity index (χ1v) is 6.04. The molecule has 0 radical (unpaired) electrons. The lowest BCUT2D eigenvalue weighted by Gasteiger charge is -2.23. The van der Waals surface area contributed by atoms with E-state index in [2.05, 4.69) is 39.1 Å². The topological polar surface area (TPSA) is 25.2 Å². The number of aryl methyl sites for hydroxylation is 1. The van der Waals surface area contributed by atoms with Gasteiger partial charge in [-0.05, 0) is 18.5 Å². The molecule has 0 saturated heterocycles. The molecule has 2 atom stereocenters. The normalized spacial score (nSPS) is 15.2. The summed E-state index contributed by atoms with van der Waals surface area (Å²) in [5, 5.41) is 3.55. The maximum absolute atomic E-state index is 5.50. The Balaban J connectivity index is 2.87. The van der Waals surface area contributed by atoms with E-state index in [4.69, 9.17) is 4.42 Å². The average molecular weight is 209 g/mol. The van der Waals surface area contributed by atoms with Gasteiger partial charge in [0.15, 0.2) is 0 Å². The molecule has 2 heteroatoms. The Hall–Kier alpha value is -0.760. The van der Waals surface area contributed by atoms with Crippen LogP contribution in [0.25, 0.3) is 0 Å². The van der Waals surface area contributed by atoms with Crippen LogP contribution in [0.3, 0.4) is 0 Å². The molecule has 0 aliphatic carbocycles. The summed E-state index contributed by atoms with van der Waals surface area (Å²) in [5.74, 6) is 1.77. The number of hydrogen-bond acceptors (Lipinski definition) is 2. The Morgan fingerprint density at radius 3 is 2.60 bits per heavy atom. The van der Waals surface area contributed by atoms with Crippen LogP contribution in [0.4, 0.5) is 0 Å². The summed E-state index contributed by atoms with van der Waals surface area (Å²) >= 11 is 0. The molecule has 0 amide bonds. The Bertz CT molecular complexity index is 280. The quantitative estimate of drug-likeness (QED) is 0.775. The maximum Gasteiger partial charge on any atom is 0.108 e. The molecule has 1 aromatic heterocycles. The fraction of sp³-hybridized carbons (Fsp3) is 0.692. The van der Waals surface area contributed by atoms with E-state index < -0.39 is 0 Å². The largest absolute Gasteiger partial charge is 0.469 e. The molecule has 0 aliphatic heterocycles. The standard InChI is InChI=1S/C13H23NO/c1-5-10(4)13(14-7-3)11-8-9-15-12(11)6-2/h8-10,13-14H,5-7H2,1-4H3. The molecular weight excluding hydrogens is 186 g/mol. The van der Waals surface area contributed by atoms with Crippen molar-refractivity contribution >= 4 is 0 Å². The van der Waals surface area contributed by atoms with Crippen molar-refractivity contribution in [2.45, 2.75) is 46.6 Å². The number of nitrogens with one attached hydrogen (secondary N) is 1. The van der Waals surface area contributed by atoms with Crippen molar-refractivity contribution < 1.29 is 4.42 Å². The molecule has 1 rings (SSSR count). The van der Waals surface area contributed by atoms with Crippen molar-refractivity contribution in [1.82, 2.24) is 5.32 Å². The van der Waals surface area contributed by atoms with E-state index in [9.17, 15) is 0 Å². The zero-order valence-corrected chi connectivity index (χ0v) is 10.3. The van der Waals surface area contributed by atoms with Crippen LogP contribution < -0.4 is 5.32 Å². The van der Waals surface area contributed by atoms with E-state index >= 15 is 0 Å². The Kier molecular flexibility index (Phi) is 4.89. The Morgan fingerprint density at radius 2 is 2.07 bits per heavy atom. The minimum Gasteiger partial charge on any atom is -0.469 e. The SMILES string of the molecule is CCNC(c1ccoc1CC)C(C)CC. The molecule has 0 spiro atoms. The van der Waals surface area contributed by atoms with Gasteiger partial charge in [0.1, 0.15) is 5.76 Å². The highest BCUT2D eigenvalue weighted by Crippen LogP contribution is 2.28. The summed E-state index contributed by atoms with van der Waals surface area (Å²) < 4.78 is 5.50. The first kappa shape index (κ1) is 12.3. The van der Waals surface area contributed by atoms with Crippen LogP contribution in [0, 0.1) is 5.92 Å². The summed E-state index contributed by atoms with van der Waals surface area (Å²) in [5.41, 5.74) is 1.34. The van der Waals surface area contributed by atoms with E-state index in [1.807, 2.05) is 0 Å². The minimum atomic E-state index is 0.439. The molecule has 2 nitrogen and oxygen atoms in total. The van der Waals surface area contributed by atoms with E-state index in [1.165, 1.54) is 12.0 Å². The highest BCUT2D eigenvalue weighted by atomic mass is 16.3. The molecule has 1 N–H and O–H groups in total. The first-order chi connectivity index (χ1) is 7.24. The summed E-state index contributed by atoms with van der Waals surface area (Å²) in [6, 6.07) is 2.55. The lowest BCUT2D eigenvalue weighted by Crippen LogP contribution is -2.26. The fourth-order valence-corrected chi connectivity index (χ4v) is 1.99. The van der Waals surface area contributed by atoms with Gasteiger partial charge >= 0.3 is 0 Å². The summed E-state index contributed by atoms with van der Waals surface area (Å²) in [7, 11) is 0. The number of rotatable bonds is 6. The summed E-state index contributed by atoms with van der Waals surface area (Å²) in [6.07, 6.45) is 3.97. The lowest BCUT2D eigenvalue weighted by molar-refractivity contribution is 0.375. The summed E-state index contributed by atoms with van der Waals surface area (Å²) in [4.78, 5) is 0. The smallest absolute Gasteiger partial charge is 0.108 e.